The van der Waals surface area contributed by atoms with E-state index >= 15 is 0 Å². The van der Waals surface area contributed by atoms with Crippen molar-refractivity contribution in [2.75, 3.05) is 6.61 Å². The number of nitrogens with zero attached hydrogens (tertiary/aromatic N) is 1. The van der Waals surface area contributed by atoms with Crippen LogP contribution in [-0.4, -0.2) is 24.7 Å². The van der Waals surface area contributed by atoms with Gasteiger partial charge in [-0.05, 0) is 54.4 Å². The van der Waals surface area contributed by atoms with Crippen LogP contribution in [-0.2, 0) is 11.2 Å². The number of rotatable bonds is 9. The number of benzene rings is 3. The Hall–Kier alpha value is -3.90. The molecule has 0 saturated carbocycles. The van der Waals surface area contributed by atoms with Gasteiger partial charge in [-0.15, -0.1) is 6.58 Å². The number of ether oxygens (including phenoxy) is 2. The van der Waals surface area contributed by atoms with Gasteiger partial charge in [0.15, 0.2) is 6.61 Å². The van der Waals surface area contributed by atoms with Gasteiger partial charge in [0.25, 0.3) is 5.91 Å². The Bertz CT molecular complexity index is 1130. The van der Waals surface area contributed by atoms with E-state index in [1.54, 1.807) is 60.7 Å². The Morgan fingerprint density at radius 3 is 2.41 bits per heavy atom. The molecule has 1 N–H and O–H groups in total. The lowest BCUT2D eigenvalue weighted by Crippen LogP contribution is -2.24. The van der Waals surface area contributed by atoms with E-state index in [9.17, 15) is 9.59 Å². The SMILES string of the molecule is C=CCc1ccccc1OCC(=O)N/N=C\c1ccccc1OC(=O)c1ccc(Cl)cc1. The number of hydrazone groups is 1. The Morgan fingerprint density at radius 1 is 0.969 bits per heavy atom. The van der Waals surface area contributed by atoms with Gasteiger partial charge >= 0.3 is 5.97 Å². The number of allylic oxidation sites excluding steroid dienone is 1. The standard InChI is InChI=1S/C25H21ClN2O4/c1-2-7-18-8-3-5-10-22(18)31-17-24(29)28-27-16-20-9-4-6-11-23(20)32-25(30)19-12-14-21(26)15-13-19/h2-6,8-16H,1,7,17H2,(H,28,29)/b27-16-. The van der Waals surface area contributed by atoms with Crippen LogP contribution in [0.5, 0.6) is 11.5 Å². The first kappa shape index (κ1) is 22.8. The van der Waals surface area contributed by atoms with Gasteiger partial charge in [0.1, 0.15) is 11.5 Å². The molecule has 162 valence electrons. The van der Waals surface area contributed by atoms with Gasteiger partial charge in [-0.1, -0.05) is 48.0 Å². The Kier molecular flexibility index (Phi) is 8.17. The smallest absolute Gasteiger partial charge is 0.343 e. The van der Waals surface area contributed by atoms with Crippen LogP contribution in [0.3, 0.4) is 0 Å². The van der Waals surface area contributed by atoms with Crippen molar-refractivity contribution in [3.63, 3.8) is 0 Å². The van der Waals surface area contributed by atoms with Crippen molar-refractivity contribution in [2.24, 2.45) is 5.10 Å². The van der Waals surface area contributed by atoms with E-state index in [1.165, 1.54) is 6.21 Å². The zero-order valence-electron chi connectivity index (χ0n) is 17.2. The fourth-order valence-corrected chi connectivity index (χ4v) is 2.87. The van der Waals surface area contributed by atoms with Crippen LogP contribution in [0, 0.1) is 0 Å². The molecular formula is C25H21ClN2O4. The van der Waals surface area contributed by atoms with Crippen LogP contribution >= 0.6 is 11.6 Å². The highest BCUT2D eigenvalue weighted by atomic mass is 35.5. The third kappa shape index (κ3) is 6.55. The molecule has 3 aromatic rings. The maximum absolute atomic E-state index is 12.4. The highest BCUT2D eigenvalue weighted by Crippen LogP contribution is 2.19. The van der Waals surface area contributed by atoms with E-state index < -0.39 is 11.9 Å². The molecule has 7 heteroatoms. The second kappa shape index (κ2) is 11.5. The number of para-hydroxylation sites is 2. The average Bonchev–Trinajstić information content (AvgIpc) is 2.80. The fourth-order valence-electron chi connectivity index (χ4n) is 2.74. The maximum atomic E-state index is 12.4. The molecular weight excluding hydrogens is 428 g/mol. The van der Waals surface area contributed by atoms with E-state index in [4.69, 9.17) is 21.1 Å². The largest absolute Gasteiger partial charge is 0.483 e. The van der Waals surface area contributed by atoms with E-state index in [2.05, 4.69) is 17.1 Å². The van der Waals surface area contributed by atoms with Crippen molar-refractivity contribution < 1.29 is 19.1 Å². The number of carbonyl (C=O) groups excluding carboxylic acids is 2. The molecule has 0 unspecified atom stereocenters. The molecule has 0 aromatic heterocycles. The molecule has 3 rings (SSSR count). The van der Waals surface area contributed by atoms with Gasteiger partial charge in [0.05, 0.1) is 11.8 Å². The number of amides is 1. The summed E-state index contributed by atoms with van der Waals surface area (Å²) in [6.45, 7) is 3.52. The van der Waals surface area contributed by atoms with Crippen molar-refractivity contribution in [3.8, 4) is 11.5 Å². The summed E-state index contributed by atoms with van der Waals surface area (Å²) in [5.41, 5.74) is 4.23. The highest BCUT2D eigenvalue weighted by Gasteiger charge is 2.11. The van der Waals surface area contributed by atoms with Crippen LogP contribution in [0.4, 0.5) is 0 Å². The molecule has 0 aliphatic carbocycles. The van der Waals surface area contributed by atoms with Crippen molar-refractivity contribution >= 4 is 29.7 Å². The summed E-state index contributed by atoms with van der Waals surface area (Å²) in [6, 6.07) is 20.7. The number of hydrogen-bond donors (Lipinski definition) is 1. The number of carbonyl (C=O) groups is 2. The van der Waals surface area contributed by atoms with Gasteiger partial charge in [-0.3, -0.25) is 4.79 Å². The predicted molar refractivity (Wildman–Crippen MR) is 124 cm³/mol. The van der Waals surface area contributed by atoms with Gasteiger partial charge in [-0.2, -0.15) is 5.10 Å². The van der Waals surface area contributed by atoms with E-state index in [-0.39, 0.29) is 6.61 Å². The number of halogens is 1. The molecule has 0 atom stereocenters. The van der Waals surface area contributed by atoms with Crippen LogP contribution in [0.2, 0.25) is 5.02 Å². The van der Waals surface area contributed by atoms with Gasteiger partial charge in [-0.25, -0.2) is 10.2 Å². The Balaban J connectivity index is 1.57. The lowest BCUT2D eigenvalue weighted by atomic mass is 10.1. The molecule has 0 saturated heterocycles. The van der Waals surface area contributed by atoms with Crippen molar-refractivity contribution in [1.82, 2.24) is 5.43 Å². The van der Waals surface area contributed by atoms with E-state index in [1.807, 2.05) is 18.2 Å². The summed E-state index contributed by atoms with van der Waals surface area (Å²) in [4.78, 5) is 24.4. The average molecular weight is 449 g/mol. The summed E-state index contributed by atoms with van der Waals surface area (Å²) < 4.78 is 11.0. The summed E-state index contributed by atoms with van der Waals surface area (Å²) in [5, 5.41) is 4.46. The first-order valence-corrected chi connectivity index (χ1v) is 10.1. The molecule has 0 aliphatic heterocycles. The Morgan fingerprint density at radius 2 is 1.66 bits per heavy atom. The molecule has 0 bridgehead atoms. The molecule has 0 fully saturated rings. The molecule has 1 amide bonds. The monoisotopic (exact) mass is 448 g/mol. The summed E-state index contributed by atoms with van der Waals surface area (Å²) in [6.07, 6.45) is 3.80. The molecule has 0 spiro atoms. The number of nitrogens with one attached hydrogen (secondary N) is 1. The van der Waals surface area contributed by atoms with Gasteiger partial charge in [0, 0.05) is 10.6 Å². The molecule has 6 nitrogen and oxygen atoms in total. The summed E-state index contributed by atoms with van der Waals surface area (Å²) >= 11 is 5.85. The van der Waals surface area contributed by atoms with Crippen LogP contribution in [0.15, 0.2) is 90.6 Å². The van der Waals surface area contributed by atoms with Crippen molar-refractivity contribution in [2.45, 2.75) is 6.42 Å². The molecule has 0 radical (unpaired) electrons. The third-order valence-electron chi connectivity index (χ3n) is 4.29. The van der Waals surface area contributed by atoms with Gasteiger partial charge < -0.3 is 9.47 Å². The second-order valence-electron chi connectivity index (χ2n) is 6.62. The minimum absolute atomic E-state index is 0.196. The molecule has 3 aromatic carbocycles. The van der Waals surface area contributed by atoms with Gasteiger partial charge in [0.2, 0.25) is 0 Å². The zero-order chi connectivity index (χ0) is 22.8. The maximum Gasteiger partial charge on any atom is 0.343 e. The lowest BCUT2D eigenvalue weighted by molar-refractivity contribution is -0.123. The topological polar surface area (TPSA) is 77.0 Å². The van der Waals surface area contributed by atoms with Crippen molar-refractivity contribution in [1.29, 1.82) is 0 Å². The number of esters is 1. The van der Waals surface area contributed by atoms with Crippen molar-refractivity contribution in [3.05, 3.63) is 107 Å². The Labute approximate surface area is 191 Å². The lowest BCUT2D eigenvalue weighted by Gasteiger charge is -2.09. The highest BCUT2D eigenvalue weighted by molar-refractivity contribution is 6.30. The first-order chi connectivity index (χ1) is 15.6. The first-order valence-electron chi connectivity index (χ1n) is 9.77. The zero-order valence-corrected chi connectivity index (χ0v) is 17.9. The quantitative estimate of drug-likeness (QED) is 0.167. The normalized spacial score (nSPS) is 10.5. The molecule has 0 heterocycles. The van der Waals surface area contributed by atoms with E-state index in [0.717, 1.165) is 5.56 Å². The molecule has 32 heavy (non-hydrogen) atoms. The van der Waals surface area contributed by atoms with Crippen LogP contribution < -0.4 is 14.9 Å². The van der Waals surface area contributed by atoms with Crippen LogP contribution in [0.25, 0.3) is 0 Å². The fraction of sp³-hybridized carbons (Fsp3) is 0.0800. The van der Waals surface area contributed by atoms with E-state index in [0.29, 0.717) is 34.1 Å². The third-order valence-corrected chi connectivity index (χ3v) is 4.54. The molecule has 0 aliphatic rings. The second-order valence-corrected chi connectivity index (χ2v) is 7.05. The van der Waals surface area contributed by atoms with Crippen LogP contribution in [0.1, 0.15) is 21.5 Å². The predicted octanol–water partition coefficient (Wildman–Crippen LogP) is 4.82. The minimum atomic E-state index is -0.529. The summed E-state index contributed by atoms with van der Waals surface area (Å²) in [7, 11) is 0. The summed E-state index contributed by atoms with van der Waals surface area (Å²) in [5.74, 6) is -0.0329. The number of hydrogen-bond acceptors (Lipinski definition) is 5. The minimum Gasteiger partial charge on any atom is -0.483 e.